The molecule has 1 atom stereocenters. The van der Waals surface area contributed by atoms with Crippen LogP contribution in [0.1, 0.15) is 57.9 Å². The van der Waals surface area contributed by atoms with Crippen LogP contribution in [0, 0.1) is 0 Å². The van der Waals surface area contributed by atoms with Crippen molar-refractivity contribution >= 4 is 50.7 Å². The van der Waals surface area contributed by atoms with Crippen molar-refractivity contribution in [2.24, 2.45) is 0 Å². The van der Waals surface area contributed by atoms with Gasteiger partial charge in [0.25, 0.3) is 10.0 Å². The first-order chi connectivity index (χ1) is 21.1. The predicted octanol–water partition coefficient (Wildman–Crippen LogP) is 6.84. The van der Waals surface area contributed by atoms with Crippen molar-refractivity contribution < 1.29 is 22.7 Å². The number of halogens is 2. The monoisotopic (exact) mass is 659 g/mol. The van der Waals surface area contributed by atoms with Gasteiger partial charge < -0.3 is 15.0 Å². The molecule has 236 valence electrons. The maximum atomic E-state index is 14.3. The molecule has 3 aromatic rings. The normalized spacial score (nSPS) is 14.5. The summed E-state index contributed by atoms with van der Waals surface area (Å²) in [5.74, 6) is -0.229. The number of amides is 2. The molecule has 44 heavy (non-hydrogen) atoms. The van der Waals surface area contributed by atoms with E-state index >= 15 is 0 Å². The maximum absolute atomic E-state index is 14.3. The summed E-state index contributed by atoms with van der Waals surface area (Å²) in [7, 11) is -4.22. The largest absolute Gasteiger partial charge is 0.494 e. The second kappa shape index (κ2) is 15.6. The zero-order chi connectivity index (χ0) is 31.7. The third-order valence-electron chi connectivity index (χ3n) is 7.75. The molecule has 11 heteroatoms. The number of anilines is 1. The molecule has 1 aliphatic rings. The first-order valence-corrected chi connectivity index (χ1v) is 17.2. The molecule has 1 aliphatic carbocycles. The summed E-state index contributed by atoms with van der Waals surface area (Å²) >= 11 is 12.5. The number of hydrogen-bond acceptors (Lipinski definition) is 5. The standard InChI is InChI=1S/C33H39Cl2N3O5S/c1-3-31(33(40)36-26-11-6-5-7-12-26)37(22-24-10-8-9-13-30(24)35)32(39)23-38(27-16-18-28(19-17-27)43-4-2)44(41,42)29-20-14-25(34)15-21-29/h8-10,13-21,26,31H,3-7,11-12,22-23H2,1-2H3,(H,36,40)/t31-/m1/s1. The number of rotatable bonds is 13. The van der Waals surface area contributed by atoms with Gasteiger partial charge in [-0.2, -0.15) is 0 Å². The highest BCUT2D eigenvalue weighted by Gasteiger charge is 2.34. The molecular weight excluding hydrogens is 621 g/mol. The minimum Gasteiger partial charge on any atom is -0.494 e. The van der Waals surface area contributed by atoms with Crippen molar-refractivity contribution in [3.05, 3.63) is 88.4 Å². The molecule has 4 rings (SSSR count). The fraction of sp³-hybridized carbons (Fsp3) is 0.394. The first-order valence-electron chi connectivity index (χ1n) is 15.0. The molecule has 0 radical (unpaired) electrons. The van der Waals surface area contributed by atoms with Crippen LogP contribution < -0.4 is 14.4 Å². The summed E-state index contributed by atoms with van der Waals surface area (Å²) in [6, 6.07) is 18.6. The average Bonchev–Trinajstić information content (AvgIpc) is 3.02. The molecule has 0 heterocycles. The van der Waals surface area contributed by atoms with Gasteiger partial charge in [-0.1, -0.05) is 67.6 Å². The summed E-state index contributed by atoms with van der Waals surface area (Å²) in [5, 5.41) is 3.98. The van der Waals surface area contributed by atoms with E-state index in [9.17, 15) is 18.0 Å². The quantitative estimate of drug-likeness (QED) is 0.217. The van der Waals surface area contributed by atoms with Gasteiger partial charge in [0.1, 0.15) is 18.3 Å². The lowest BCUT2D eigenvalue weighted by atomic mass is 9.95. The SMILES string of the molecule is CCOc1ccc(N(CC(=O)N(Cc2ccccc2Cl)[C@H](CC)C(=O)NC2CCCCC2)S(=O)(=O)c2ccc(Cl)cc2)cc1. The number of hydrogen-bond donors (Lipinski definition) is 1. The van der Waals surface area contributed by atoms with Crippen molar-refractivity contribution in [2.75, 3.05) is 17.5 Å². The van der Waals surface area contributed by atoms with Crippen molar-refractivity contribution in [2.45, 2.75) is 75.9 Å². The van der Waals surface area contributed by atoms with Gasteiger partial charge in [0.2, 0.25) is 11.8 Å². The van der Waals surface area contributed by atoms with Crippen molar-refractivity contribution in [1.29, 1.82) is 0 Å². The molecule has 0 spiro atoms. The zero-order valence-corrected chi connectivity index (χ0v) is 27.4. The van der Waals surface area contributed by atoms with E-state index in [-0.39, 0.29) is 29.1 Å². The Morgan fingerprint density at radius 1 is 0.932 bits per heavy atom. The van der Waals surface area contributed by atoms with Crippen LogP contribution in [-0.4, -0.2) is 50.4 Å². The number of carbonyl (C=O) groups is 2. The molecule has 0 unspecified atom stereocenters. The van der Waals surface area contributed by atoms with Gasteiger partial charge in [-0.15, -0.1) is 0 Å². The molecule has 8 nitrogen and oxygen atoms in total. The van der Waals surface area contributed by atoms with Crippen LogP contribution in [0.25, 0.3) is 0 Å². The van der Waals surface area contributed by atoms with Crippen molar-refractivity contribution in [1.82, 2.24) is 10.2 Å². The number of ether oxygens (including phenoxy) is 1. The molecule has 0 aromatic heterocycles. The van der Waals surface area contributed by atoms with Crippen LogP contribution >= 0.6 is 23.2 Å². The van der Waals surface area contributed by atoms with Gasteiger partial charge in [0, 0.05) is 22.6 Å². The Bertz CT molecular complexity index is 1510. The number of benzene rings is 3. The summed E-state index contributed by atoms with van der Waals surface area (Å²) in [6.07, 6.45) is 5.36. The minimum atomic E-state index is -4.22. The Labute approximate surface area is 270 Å². The van der Waals surface area contributed by atoms with Crippen LogP contribution in [0.5, 0.6) is 5.75 Å². The highest BCUT2D eigenvalue weighted by atomic mass is 35.5. The Balaban J connectivity index is 1.71. The Hall–Kier alpha value is -3.27. The van der Waals surface area contributed by atoms with Crippen molar-refractivity contribution in [3.8, 4) is 5.75 Å². The first kappa shape index (κ1) is 33.6. The number of sulfonamides is 1. The lowest BCUT2D eigenvalue weighted by Crippen LogP contribution is -2.54. The van der Waals surface area contributed by atoms with Crippen LogP contribution in [-0.2, 0) is 26.2 Å². The van der Waals surface area contributed by atoms with Crippen LogP contribution in [0.3, 0.4) is 0 Å². The molecule has 3 aromatic carbocycles. The second-order valence-electron chi connectivity index (χ2n) is 10.8. The maximum Gasteiger partial charge on any atom is 0.264 e. The Kier molecular flexibility index (Phi) is 11.9. The molecule has 0 saturated heterocycles. The molecule has 0 bridgehead atoms. The predicted molar refractivity (Wildman–Crippen MR) is 175 cm³/mol. The molecule has 0 aliphatic heterocycles. The Morgan fingerprint density at radius 2 is 1.59 bits per heavy atom. The second-order valence-corrected chi connectivity index (χ2v) is 13.5. The van der Waals surface area contributed by atoms with E-state index in [4.69, 9.17) is 27.9 Å². The summed E-state index contributed by atoms with van der Waals surface area (Å²) in [5.41, 5.74) is 0.925. The van der Waals surface area contributed by atoms with Crippen LogP contribution in [0.2, 0.25) is 10.0 Å². The number of nitrogens with one attached hydrogen (secondary N) is 1. The van der Waals surface area contributed by atoms with E-state index in [0.29, 0.717) is 34.4 Å². The zero-order valence-electron chi connectivity index (χ0n) is 25.0. The fourth-order valence-electron chi connectivity index (χ4n) is 5.41. The lowest BCUT2D eigenvalue weighted by Gasteiger charge is -2.34. The van der Waals surface area contributed by atoms with E-state index < -0.39 is 28.5 Å². The molecule has 1 fully saturated rings. The third-order valence-corrected chi connectivity index (χ3v) is 10.2. The summed E-state index contributed by atoms with van der Waals surface area (Å²) in [6.45, 7) is 3.63. The number of carbonyl (C=O) groups excluding carboxylic acids is 2. The van der Waals surface area contributed by atoms with Gasteiger partial charge in [0.05, 0.1) is 17.2 Å². The van der Waals surface area contributed by atoms with Gasteiger partial charge in [-0.3, -0.25) is 13.9 Å². The highest BCUT2D eigenvalue weighted by molar-refractivity contribution is 7.92. The average molecular weight is 661 g/mol. The van der Waals surface area contributed by atoms with Gasteiger partial charge >= 0.3 is 0 Å². The molecule has 1 N–H and O–H groups in total. The molecule has 1 saturated carbocycles. The van der Waals surface area contributed by atoms with E-state index in [1.54, 1.807) is 42.5 Å². The van der Waals surface area contributed by atoms with Gasteiger partial charge in [-0.25, -0.2) is 8.42 Å². The third kappa shape index (κ3) is 8.46. The number of nitrogens with zero attached hydrogens (tertiary/aromatic N) is 2. The van der Waals surface area contributed by atoms with Crippen LogP contribution in [0.15, 0.2) is 77.7 Å². The van der Waals surface area contributed by atoms with E-state index in [2.05, 4.69) is 5.32 Å². The van der Waals surface area contributed by atoms with Crippen molar-refractivity contribution in [3.63, 3.8) is 0 Å². The summed E-state index contributed by atoms with van der Waals surface area (Å²) < 4.78 is 34.7. The summed E-state index contributed by atoms with van der Waals surface area (Å²) in [4.78, 5) is 29.4. The van der Waals surface area contributed by atoms with E-state index in [1.807, 2.05) is 19.9 Å². The van der Waals surface area contributed by atoms with E-state index in [0.717, 1.165) is 36.4 Å². The van der Waals surface area contributed by atoms with Gasteiger partial charge in [-0.05, 0) is 86.3 Å². The Morgan fingerprint density at radius 3 is 2.20 bits per heavy atom. The van der Waals surface area contributed by atoms with Crippen LogP contribution in [0.4, 0.5) is 5.69 Å². The fourth-order valence-corrected chi connectivity index (χ4v) is 7.15. The minimum absolute atomic E-state index is 0.0247. The smallest absolute Gasteiger partial charge is 0.264 e. The van der Waals surface area contributed by atoms with E-state index in [1.165, 1.54) is 29.2 Å². The molecular formula is C33H39Cl2N3O5S. The molecule has 2 amide bonds. The highest BCUT2D eigenvalue weighted by Crippen LogP contribution is 2.28. The topological polar surface area (TPSA) is 96.0 Å². The van der Waals surface area contributed by atoms with Gasteiger partial charge in [0.15, 0.2) is 0 Å². The lowest BCUT2D eigenvalue weighted by molar-refractivity contribution is -0.140.